The van der Waals surface area contributed by atoms with Crippen LogP contribution in [0.25, 0.3) is 0 Å². The summed E-state index contributed by atoms with van der Waals surface area (Å²) < 4.78 is 44.1. The number of ether oxygens (including phenoxy) is 1. The molecule has 2 aromatic rings. The Bertz CT molecular complexity index is 681. The zero-order valence-corrected chi connectivity index (χ0v) is 12.6. The molecule has 6 heteroatoms. The quantitative estimate of drug-likeness (QED) is 0.904. The van der Waals surface area contributed by atoms with E-state index in [1.165, 1.54) is 25.1 Å². The first-order valence-electron chi connectivity index (χ1n) is 6.98. The highest BCUT2D eigenvalue weighted by Crippen LogP contribution is 2.34. The van der Waals surface area contributed by atoms with E-state index < -0.39 is 23.8 Å². The minimum absolute atomic E-state index is 0.288. The van der Waals surface area contributed by atoms with Crippen molar-refractivity contribution in [3.8, 4) is 5.75 Å². The Kier molecular flexibility index (Phi) is 4.93. The summed E-state index contributed by atoms with van der Waals surface area (Å²) in [6.45, 7) is 3.39. The zero-order chi connectivity index (χ0) is 17.0. The van der Waals surface area contributed by atoms with Gasteiger partial charge in [-0.25, -0.2) is 0 Å². The van der Waals surface area contributed by atoms with Crippen LogP contribution in [-0.2, 0) is 11.0 Å². The Balaban J connectivity index is 2.08. The number of nitrogens with one attached hydrogen (secondary N) is 1. The largest absolute Gasteiger partial charge is 0.481 e. The maximum Gasteiger partial charge on any atom is 0.418 e. The van der Waals surface area contributed by atoms with Crippen LogP contribution in [-0.4, -0.2) is 12.0 Å². The molecule has 1 N–H and O–H groups in total. The maximum atomic E-state index is 12.9. The summed E-state index contributed by atoms with van der Waals surface area (Å²) in [7, 11) is 0. The summed E-state index contributed by atoms with van der Waals surface area (Å²) in [5.74, 6) is -0.176. The van der Waals surface area contributed by atoms with Crippen molar-refractivity contribution in [1.82, 2.24) is 0 Å². The molecule has 0 aromatic heterocycles. The lowest BCUT2D eigenvalue weighted by Gasteiger charge is -2.17. The Labute approximate surface area is 132 Å². The molecule has 0 fully saturated rings. The number of anilines is 1. The van der Waals surface area contributed by atoms with Crippen LogP contribution in [0.5, 0.6) is 5.75 Å². The van der Waals surface area contributed by atoms with Gasteiger partial charge in [-0.2, -0.15) is 13.2 Å². The fourth-order valence-electron chi connectivity index (χ4n) is 1.95. The molecule has 1 atom stereocenters. The monoisotopic (exact) mass is 323 g/mol. The highest BCUT2D eigenvalue weighted by atomic mass is 19.4. The third kappa shape index (κ3) is 4.48. The standard InChI is InChI=1S/C17H16F3NO2/c1-11-7-9-13(10-8-11)23-12(2)16(22)21-15-6-4-3-5-14(15)17(18,19)20/h3-10,12H,1-2H3,(H,21,22). The highest BCUT2D eigenvalue weighted by molar-refractivity contribution is 5.94. The Hall–Kier alpha value is -2.50. The molecule has 3 nitrogen and oxygen atoms in total. The van der Waals surface area contributed by atoms with Gasteiger partial charge in [-0.3, -0.25) is 4.79 Å². The molecule has 0 heterocycles. The third-order valence-corrected chi connectivity index (χ3v) is 3.19. The average molecular weight is 323 g/mol. The maximum absolute atomic E-state index is 12.9. The number of aryl methyl sites for hydroxylation is 1. The van der Waals surface area contributed by atoms with Crippen LogP contribution in [0.3, 0.4) is 0 Å². The van der Waals surface area contributed by atoms with E-state index in [9.17, 15) is 18.0 Å². The van der Waals surface area contributed by atoms with Crippen LogP contribution < -0.4 is 10.1 Å². The first-order chi connectivity index (χ1) is 10.8. The average Bonchev–Trinajstić information content (AvgIpc) is 2.49. The molecule has 1 unspecified atom stereocenters. The van der Waals surface area contributed by atoms with Crippen LogP contribution in [0.1, 0.15) is 18.1 Å². The van der Waals surface area contributed by atoms with E-state index in [2.05, 4.69) is 5.32 Å². The lowest BCUT2D eigenvalue weighted by Crippen LogP contribution is -2.31. The number of benzene rings is 2. The van der Waals surface area contributed by atoms with Crippen molar-refractivity contribution in [2.24, 2.45) is 0 Å². The number of halogens is 3. The number of hydrogen-bond donors (Lipinski definition) is 1. The second kappa shape index (κ2) is 6.73. The van der Waals surface area contributed by atoms with Crippen molar-refractivity contribution in [2.45, 2.75) is 26.1 Å². The molecule has 0 saturated heterocycles. The van der Waals surface area contributed by atoms with Gasteiger partial charge in [0.05, 0.1) is 11.3 Å². The lowest BCUT2D eigenvalue weighted by molar-refractivity contribution is -0.137. The van der Waals surface area contributed by atoms with Crippen LogP contribution in [0, 0.1) is 6.92 Å². The highest BCUT2D eigenvalue weighted by Gasteiger charge is 2.33. The van der Waals surface area contributed by atoms with E-state index in [1.54, 1.807) is 12.1 Å². The Morgan fingerprint density at radius 3 is 2.30 bits per heavy atom. The molecule has 0 bridgehead atoms. The van der Waals surface area contributed by atoms with Crippen molar-refractivity contribution in [3.05, 3.63) is 59.7 Å². The van der Waals surface area contributed by atoms with Gasteiger partial charge in [0.25, 0.3) is 5.91 Å². The second-order valence-electron chi connectivity index (χ2n) is 5.11. The van der Waals surface area contributed by atoms with E-state index in [1.807, 2.05) is 19.1 Å². The van der Waals surface area contributed by atoms with E-state index in [0.717, 1.165) is 11.6 Å². The molecule has 23 heavy (non-hydrogen) atoms. The number of rotatable bonds is 4. The van der Waals surface area contributed by atoms with E-state index >= 15 is 0 Å². The number of alkyl halides is 3. The van der Waals surface area contributed by atoms with Gasteiger partial charge in [0.15, 0.2) is 6.10 Å². The molecule has 2 aromatic carbocycles. The van der Waals surface area contributed by atoms with E-state index in [4.69, 9.17) is 4.74 Å². The fourth-order valence-corrected chi connectivity index (χ4v) is 1.95. The molecule has 0 aliphatic heterocycles. The number of para-hydroxylation sites is 1. The van der Waals surface area contributed by atoms with Gasteiger partial charge in [-0.1, -0.05) is 29.8 Å². The van der Waals surface area contributed by atoms with Crippen LogP contribution >= 0.6 is 0 Å². The summed E-state index contributed by atoms with van der Waals surface area (Å²) in [4.78, 5) is 12.1. The molecule has 122 valence electrons. The predicted octanol–water partition coefficient (Wildman–Crippen LogP) is 4.42. The molecule has 0 aliphatic rings. The molecule has 0 radical (unpaired) electrons. The minimum atomic E-state index is -4.54. The van der Waals surface area contributed by atoms with Crippen molar-refractivity contribution < 1.29 is 22.7 Å². The van der Waals surface area contributed by atoms with E-state index in [-0.39, 0.29) is 5.69 Å². The SMILES string of the molecule is Cc1ccc(OC(C)C(=O)Nc2ccccc2C(F)(F)F)cc1. The smallest absolute Gasteiger partial charge is 0.418 e. The van der Waals surface area contributed by atoms with Crippen LogP contribution in [0.15, 0.2) is 48.5 Å². The lowest BCUT2D eigenvalue weighted by atomic mass is 10.1. The summed E-state index contributed by atoms with van der Waals surface area (Å²) in [6.07, 6.45) is -5.47. The van der Waals surface area contributed by atoms with Gasteiger partial charge in [0, 0.05) is 0 Å². The van der Waals surface area contributed by atoms with Gasteiger partial charge in [0.1, 0.15) is 5.75 Å². The van der Waals surface area contributed by atoms with Crippen molar-refractivity contribution in [2.75, 3.05) is 5.32 Å². The number of amides is 1. The predicted molar refractivity (Wildman–Crippen MR) is 81.3 cm³/mol. The fraction of sp³-hybridized carbons (Fsp3) is 0.235. The van der Waals surface area contributed by atoms with Gasteiger partial charge < -0.3 is 10.1 Å². The van der Waals surface area contributed by atoms with E-state index in [0.29, 0.717) is 5.75 Å². The second-order valence-corrected chi connectivity index (χ2v) is 5.11. The summed E-state index contributed by atoms with van der Waals surface area (Å²) in [5, 5.41) is 2.26. The van der Waals surface area contributed by atoms with Gasteiger partial charge in [-0.15, -0.1) is 0 Å². The van der Waals surface area contributed by atoms with Gasteiger partial charge >= 0.3 is 6.18 Å². The Morgan fingerprint density at radius 1 is 1.09 bits per heavy atom. The normalized spacial score (nSPS) is 12.6. The first kappa shape index (κ1) is 16.9. The molecule has 0 spiro atoms. The molecule has 0 aliphatic carbocycles. The summed E-state index contributed by atoms with van der Waals surface area (Å²) in [5.41, 5.74) is -0.145. The van der Waals surface area contributed by atoms with Crippen LogP contribution in [0.2, 0.25) is 0 Å². The Morgan fingerprint density at radius 2 is 1.70 bits per heavy atom. The molecule has 1 amide bonds. The minimum Gasteiger partial charge on any atom is -0.481 e. The van der Waals surface area contributed by atoms with Crippen molar-refractivity contribution in [3.63, 3.8) is 0 Å². The number of hydrogen-bond acceptors (Lipinski definition) is 2. The van der Waals surface area contributed by atoms with Gasteiger partial charge in [0.2, 0.25) is 0 Å². The van der Waals surface area contributed by atoms with Crippen LogP contribution in [0.4, 0.5) is 18.9 Å². The third-order valence-electron chi connectivity index (χ3n) is 3.19. The zero-order valence-electron chi connectivity index (χ0n) is 12.6. The summed E-state index contributed by atoms with van der Waals surface area (Å²) in [6, 6.07) is 11.9. The molecular weight excluding hydrogens is 307 g/mol. The first-order valence-corrected chi connectivity index (χ1v) is 6.98. The molecular formula is C17H16F3NO2. The van der Waals surface area contributed by atoms with Gasteiger partial charge in [-0.05, 0) is 38.1 Å². The number of carbonyl (C=O) groups excluding carboxylic acids is 1. The van der Waals surface area contributed by atoms with Crippen molar-refractivity contribution >= 4 is 11.6 Å². The van der Waals surface area contributed by atoms with Crippen molar-refractivity contribution in [1.29, 1.82) is 0 Å². The topological polar surface area (TPSA) is 38.3 Å². The summed E-state index contributed by atoms with van der Waals surface area (Å²) >= 11 is 0. The number of carbonyl (C=O) groups is 1. The molecule has 0 saturated carbocycles. The molecule has 2 rings (SSSR count).